The molecule has 7 heteroatoms. The fourth-order valence-electron chi connectivity index (χ4n) is 2.23. The second-order valence-electron chi connectivity index (χ2n) is 4.81. The molecule has 0 amide bonds. The predicted molar refractivity (Wildman–Crippen MR) is 73.8 cm³/mol. The Balaban J connectivity index is 1.97. The molecular formula is C14H13N5O2. The molecule has 2 heterocycles. The van der Waals surface area contributed by atoms with E-state index in [1.807, 2.05) is 31.2 Å². The summed E-state index contributed by atoms with van der Waals surface area (Å²) in [7, 11) is 0. The number of nitrogens with zero attached hydrogens (tertiary/aromatic N) is 5. The Bertz CT molecular complexity index is 799. The maximum absolute atomic E-state index is 11.6. The molecule has 3 aromatic rings. The zero-order valence-electron chi connectivity index (χ0n) is 11.3. The van der Waals surface area contributed by atoms with E-state index in [4.69, 9.17) is 0 Å². The lowest BCUT2D eigenvalue weighted by molar-refractivity contribution is -0.138. The van der Waals surface area contributed by atoms with Gasteiger partial charge in [0.05, 0.1) is 5.69 Å². The van der Waals surface area contributed by atoms with E-state index < -0.39 is 11.9 Å². The molecule has 0 radical (unpaired) electrons. The van der Waals surface area contributed by atoms with Gasteiger partial charge in [-0.25, -0.2) is 0 Å². The van der Waals surface area contributed by atoms with Gasteiger partial charge in [0.25, 0.3) is 0 Å². The minimum absolute atomic E-state index is 0.378. The van der Waals surface area contributed by atoms with Crippen LogP contribution in [0.1, 0.15) is 22.7 Å². The van der Waals surface area contributed by atoms with Gasteiger partial charge in [-0.3, -0.25) is 4.79 Å². The third-order valence-corrected chi connectivity index (χ3v) is 3.43. The largest absolute Gasteiger partial charge is 0.481 e. The number of benzene rings is 1. The molecule has 0 aliphatic carbocycles. The van der Waals surface area contributed by atoms with Crippen LogP contribution in [0.4, 0.5) is 0 Å². The van der Waals surface area contributed by atoms with Crippen LogP contribution in [0.3, 0.4) is 0 Å². The number of carboxylic acids is 1. The molecule has 106 valence electrons. The molecule has 0 fully saturated rings. The molecule has 1 unspecified atom stereocenters. The van der Waals surface area contributed by atoms with Crippen LogP contribution in [-0.4, -0.2) is 36.3 Å². The number of tetrazole rings is 1. The van der Waals surface area contributed by atoms with Crippen molar-refractivity contribution in [3.63, 3.8) is 0 Å². The smallest absolute Gasteiger partial charge is 0.313 e. The molecule has 7 nitrogen and oxygen atoms in total. The van der Waals surface area contributed by atoms with Crippen LogP contribution in [0.2, 0.25) is 0 Å². The molecule has 0 saturated carbocycles. The monoisotopic (exact) mass is 283 g/mol. The van der Waals surface area contributed by atoms with Crippen molar-refractivity contribution < 1.29 is 9.90 Å². The standard InChI is InChI=1S/C14H13N5O2/c1-9-4-2-3-5-10(9)8-11(14(20)21)12-6-7-13-15-17-18-19(13)16-12/h2-7,11H,8H2,1H3,(H,20,21). The Labute approximate surface area is 120 Å². The highest BCUT2D eigenvalue weighted by Gasteiger charge is 2.23. The van der Waals surface area contributed by atoms with E-state index in [1.165, 1.54) is 4.63 Å². The van der Waals surface area contributed by atoms with Gasteiger partial charge in [-0.2, -0.15) is 5.10 Å². The SMILES string of the molecule is Cc1ccccc1CC(C(=O)O)c1ccc2nnnn2n1. The Morgan fingerprint density at radius 3 is 2.86 bits per heavy atom. The van der Waals surface area contributed by atoms with Crippen molar-refractivity contribution in [2.24, 2.45) is 0 Å². The first-order valence-electron chi connectivity index (χ1n) is 6.48. The lowest BCUT2D eigenvalue weighted by Gasteiger charge is -2.13. The lowest BCUT2D eigenvalue weighted by atomic mass is 9.93. The molecule has 0 aliphatic heterocycles. The zero-order valence-corrected chi connectivity index (χ0v) is 11.3. The first kappa shape index (κ1) is 13.2. The number of fused-ring (bicyclic) bond motifs is 1. The van der Waals surface area contributed by atoms with Gasteiger partial charge in [-0.05, 0) is 47.0 Å². The molecular weight excluding hydrogens is 270 g/mol. The van der Waals surface area contributed by atoms with Crippen LogP contribution in [0.5, 0.6) is 0 Å². The summed E-state index contributed by atoms with van der Waals surface area (Å²) < 4.78 is 1.24. The lowest BCUT2D eigenvalue weighted by Crippen LogP contribution is -2.17. The minimum atomic E-state index is -0.918. The van der Waals surface area contributed by atoms with E-state index in [-0.39, 0.29) is 0 Å². The second-order valence-corrected chi connectivity index (χ2v) is 4.81. The summed E-state index contributed by atoms with van der Waals surface area (Å²) in [6.07, 6.45) is 0.378. The normalized spacial score (nSPS) is 12.4. The third kappa shape index (κ3) is 2.58. The van der Waals surface area contributed by atoms with Gasteiger partial charge < -0.3 is 5.11 Å². The van der Waals surface area contributed by atoms with Crippen molar-refractivity contribution in [2.75, 3.05) is 0 Å². The van der Waals surface area contributed by atoms with E-state index >= 15 is 0 Å². The number of carboxylic acid groups (broad SMARTS) is 1. The quantitative estimate of drug-likeness (QED) is 0.774. The number of aromatic nitrogens is 5. The minimum Gasteiger partial charge on any atom is -0.481 e. The number of rotatable bonds is 4. The van der Waals surface area contributed by atoms with E-state index in [2.05, 4.69) is 20.6 Å². The molecule has 1 atom stereocenters. The highest BCUT2D eigenvalue weighted by molar-refractivity contribution is 5.76. The summed E-state index contributed by atoms with van der Waals surface area (Å²) in [6.45, 7) is 1.96. The molecule has 21 heavy (non-hydrogen) atoms. The molecule has 1 N–H and O–H groups in total. The Hall–Kier alpha value is -2.83. The van der Waals surface area contributed by atoms with Crippen LogP contribution < -0.4 is 0 Å². The summed E-state index contributed by atoms with van der Waals surface area (Å²) in [6, 6.07) is 11.0. The van der Waals surface area contributed by atoms with E-state index in [9.17, 15) is 9.90 Å². The van der Waals surface area contributed by atoms with Crippen molar-refractivity contribution >= 4 is 11.6 Å². The van der Waals surface area contributed by atoms with Gasteiger partial charge >= 0.3 is 5.97 Å². The zero-order chi connectivity index (χ0) is 14.8. The first-order chi connectivity index (χ1) is 10.1. The van der Waals surface area contributed by atoms with Crippen LogP contribution in [0.25, 0.3) is 5.65 Å². The fourth-order valence-corrected chi connectivity index (χ4v) is 2.23. The topological polar surface area (TPSA) is 93.3 Å². The average molecular weight is 283 g/mol. The van der Waals surface area contributed by atoms with Gasteiger partial charge in [0, 0.05) is 0 Å². The van der Waals surface area contributed by atoms with E-state index in [1.54, 1.807) is 12.1 Å². The number of hydrogen-bond acceptors (Lipinski definition) is 5. The van der Waals surface area contributed by atoms with Crippen molar-refractivity contribution in [3.05, 3.63) is 53.2 Å². The Morgan fingerprint density at radius 2 is 2.10 bits per heavy atom. The van der Waals surface area contributed by atoms with Crippen molar-refractivity contribution in [3.8, 4) is 0 Å². The fraction of sp³-hybridized carbons (Fsp3) is 0.214. The number of aryl methyl sites for hydroxylation is 1. The molecule has 0 saturated heterocycles. The molecule has 0 spiro atoms. The molecule has 2 aromatic heterocycles. The molecule has 0 aliphatic rings. The summed E-state index contributed by atoms with van der Waals surface area (Å²) >= 11 is 0. The third-order valence-electron chi connectivity index (χ3n) is 3.43. The highest BCUT2D eigenvalue weighted by atomic mass is 16.4. The molecule has 0 bridgehead atoms. The predicted octanol–water partition coefficient (Wildman–Crippen LogP) is 1.24. The average Bonchev–Trinajstić information content (AvgIpc) is 2.93. The van der Waals surface area contributed by atoms with Crippen LogP contribution >= 0.6 is 0 Å². The van der Waals surface area contributed by atoms with Gasteiger partial charge in [0.1, 0.15) is 5.92 Å². The maximum Gasteiger partial charge on any atom is 0.313 e. The van der Waals surface area contributed by atoms with E-state index in [0.29, 0.717) is 17.8 Å². The van der Waals surface area contributed by atoms with Crippen molar-refractivity contribution in [2.45, 2.75) is 19.3 Å². The highest BCUT2D eigenvalue weighted by Crippen LogP contribution is 2.21. The summed E-state index contributed by atoms with van der Waals surface area (Å²) in [5, 5.41) is 24.6. The summed E-state index contributed by atoms with van der Waals surface area (Å²) in [5.41, 5.74) is 2.97. The number of hydrogen-bond donors (Lipinski definition) is 1. The summed E-state index contributed by atoms with van der Waals surface area (Å²) in [4.78, 5) is 11.6. The Kier molecular flexibility index (Phi) is 3.31. The van der Waals surface area contributed by atoms with Crippen molar-refractivity contribution in [1.82, 2.24) is 25.3 Å². The van der Waals surface area contributed by atoms with Crippen LogP contribution in [-0.2, 0) is 11.2 Å². The molecule has 1 aromatic carbocycles. The van der Waals surface area contributed by atoms with Crippen LogP contribution in [0, 0.1) is 6.92 Å². The van der Waals surface area contributed by atoms with Gasteiger partial charge in [-0.1, -0.05) is 24.3 Å². The number of aliphatic carboxylic acids is 1. The van der Waals surface area contributed by atoms with Gasteiger partial charge in [0.2, 0.25) is 0 Å². The van der Waals surface area contributed by atoms with Crippen molar-refractivity contribution in [1.29, 1.82) is 0 Å². The first-order valence-corrected chi connectivity index (χ1v) is 6.48. The van der Waals surface area contributed by atoms with Gasteiger partial charge in [0.15, 0.2) is 5.65 Å². The second kappa shape index (κ2) is 5.28. The van der Waals surface area contributed by atoms with E-state index in [0.717, 1.165) is 11.1 Å². The van der Waals surface area contributed by atoms with Gasteiger partial charge in [-0.15, -0.1) is 9.73 Å². The Morgan fingerprint density at radius 1 is 1.29 bits per heavy atom. The van der Waals surface area contributed by atoms with Crippen LogP contribution in [0.15, 0.2) is 36.4 Å². The number of carbonyl (C=O) groups is 1. The molecule has 3 rings (SSSR count). The maximum atomic E-state index is 11.6. The summed E-state index contributed by atoms with van der Waals surface area (Å²) in [5.74, 6) is -1.65.